The minimum atomic E-state index is -1.08. The van der Waals surface area contributed by atoms with Crippen molar-refractivity contribution in [2.45, 2.75) is 47.1 Å². The first-order chi connectivity index (χ1) is 8.35. The SMILES string of the molecule is CC(C)(C)C(=O)NCC(=O)N(CC(=O)O)C(C)(C)C. The number of carboxylic acids is 1. The molecule has 0 aliphatic carbocycles. The molecule has 110 valence electrons. The van der Waals surface area contributed by atoms with Crippen LogP contribution in [0.25, 0.3) is 0 Å². The molecule has 19 heavy (non-hydrogen) atoms. The molecule has 0 aromatic carbocycles. The number of carbonyl (C=O) groups is 3. The monoisotopic (exact) mass is 272 g/mol. The van der Waals surface area contributed by atoms with E-state index >= 15 is 0 Å². The van der Waals surface area contributed by atoms with Crippen LogP contribution in [0, 0.1) is 5.41 Å². The van der Waals surface area contributed by atoms with Gasteiger partial charge in [0.05, 0.1) is 6.54 Å². The van der Waals surface area contributed by atoms with Gasteiger partial charge in [0, 0.05) is 11.0 Å². The molecular weight excluding hydrogens is 248 g/mol. The molecule has 0 aliphatic heterocycles. The summed E-state index contributed by atoms with van der Waals surface area (Å²) in [6.07, 6.45) is 0. The number of hydrogen-bond acceptors (Lipinski definition) is 3. The lowest BCUT2D eigenvalue weighted by Crippen LogP contribution is -2.52. The maximum Gasteiger partial charge on any atom is 0.323 e. The first kappa shape index (κ1) is 17.4. The van der Waals surface area contributed by atoms with Crippen molar-refractivity contribution in [1.82, 2.24) is 10.2 Å². The lowest BCUT2D eigenvalue weighted by molar-refractivity contribution is -0.148. The summed E-state index contributed by atoms with van der Waals surface area (Å²) in [5, 5.41) is 11.3. The summed E-state index contributed by atoms with van der Waals surface area (Å²) in [5.41, 5.74) is -1.19. The Labute approximate surface area is 114 Å². The van der Waals surface area contributed by atoms with Crippen LogP contribution in [-0.4, -0.2) is 46.4 Å². The topological polar surface area (TPSA) is 86.7 Å². The van der Waals surface area contributed by atoms with Crippen LogP contribution in [0.1, 0.15) is 41.5 Å². The highest BCUT2D eigenvalue weighted by molar-refractivity contribution is 5.88. The van der Waals surface area contributed by atoms with E-state index in [1.807, 2.05) is 0 Å². The lowest BCUT2D eigenvalue weighted by atomic mass is 9.96. The fourth-order valence-corrected chi connectivity index (χ4v) is 1.35. The molecule has 0 saturated heterocycles. The molecule has 2 amide bonds. The summed E-state index contributed by atoms with van der Waals surface area (Å²) in [6.45, 7) is 9.90. The number of carbonyl (C=O) groups excluding carboxylic acids is 2. The maximum absolute atomic E-state index is 12.0. The lowest BCUT2D eigenvalue weighted by Gasteiger charge is -2.34. The Balaban J connectivity index is 4.68. The molecule has 0 rings (SSSR count). The minimum absolute atomic E-state index is 0.194. The Hall–Kier alpha value is -1.59. The van der Waals surface area contributed by atoms with Crippen molar-refractivity contribution in [2.24, 2.45) is 5.41 Å². The molecule has 0 aromatic rings. The molecule has 0 aromatic heterocycles. The number of hydrogen-bond donors (Lipinski definition) is 2. The van der Waals surface area contributed by atoms with Gasteiger partial charge in [0.25, 0.3) is 0 Å². The third-order valence-corrected chi connectivity index (χ3v) is 2.49. The number of nitrogens with zero attached hydrogens (tertiary/aromatic N) is 1. The first-order valence-electron chi connectivity index (χ1n) is 6.16. The molecule has 0 atom stereocenters. The fraction of sp³-hybridized carbons (Fsp3) is 0.769. The quantitative estimate of drug-likeness (QED) is 0.794. The minimum Gasteiger partial charge on any atom is -0.480 e. The molecule has 0 spiro atoms. The second-order valence-electron chi connectivity index (χ2n) is 6.48. The van der Waals surface area contributed by atoms with E-state index in [2.05, 4.69) is 5.32 Å². The smallest absolute Gasteiger partial charge is 0.323 e. The number of carboxylic acid groups (broad SMARTS) is 1. The Morgan fingerprint density at radius 3 is 1.84 bits per heavy atom. The Morgan fingerprint density at radius 1 is 1.05 bits per heavy atom. The number of nitrogens with one attached hydrogen (secondary N) is 1. The molecule has 0 fully saturated rings. The van der Waals surface area contributed by atoms with Gasteiger partial charge in [0.2, 0.25) is 11.8 Å². The number of rotatable bonds is 4. The van der Waals surface area contributed by atoms with E-state index in [0.717, 1.165) is 0 Å². The number of amides is 2. The van der Waals surface area contributed by atoms with Crippen molar-refractivity contribution >= 4 is 17.8 Å². The van der Waals surface area contributed by atoms with E-state index in [1.54, 1.807) is 41.5 Å². The first-order valence-corrected chi connectivity index (χ1v) is 6.16. The Kier molecular flexibility index (Phi) is 5.53. The molecule has 0 heterocycles. The van der Waals surface area contributed by atoms with Crippen molar-refractivity contribution in [2.75, 3.05) is 13.1 Å². The maximum atomic E-state index is 12.0. The van der Waals surface area contributed by atoms with Crippen molar-refractivity contribution in [3.8, 4) is 0 Å². The van der Waals surface area contributed by atoms with Crippen LogP contribution in [0.4, 0.5) is 0 Å². The van der Waals surface area contributed by atoms with Crippen LogP contribution < -0.4 is 5.32 Å². The third kappa shape index (κ3) is 6.22. The van der Waals surface area contributed by atoms with Crippen LogP contribution in [-0.2, 0) is 14.4 Å². The van der Waals surface area contributed by atoms with Crippen molar-refractivity contribution in [1.29, 1.82) is 0 Å². The fourth-order valence-electron chi connectivity index (χ4n) is 1.35. The number of aliphatic carboxylic acids is 1. The van der Waals surface area contributed by atoms with Crippen LogP contribution in [0.5, 0.6) is 0 Å². The van der Waals surface area contributed by atoms with Gasteiger partial charge in [0.15, 0.2) is 0 Å². The molecule has 0 unspecified atom stereocenters. The molecule has 2 N–H and O–H groups in total. The highest BCUT2D eigenvalue weighted by atomic mass is 16.4. The summed E-state index contributed by atoms with van der Waals surface area (Å²) in [5.74, 6) is -1.73. The van der Waals surface area contributed by atoms with Crippen LogP contribution in [0.15, 0.2) is 0 Å². The molecular formula is C13H24N2O4. The van der Waals surface area contributed by atoms with Crippen LogP contribution in [0.3, 0.4) is 0 Å². The summed E-state index contributed by atoms with van der Waals surface area (Å²) < 4.78 is 0. The predicted octanol–water partition coefficient (Wildman–Crippen LogP) is 0.860. The highest BCUT2D eigenvalue weighted by Crippen LogP contribution is 2.14. The zero-order valence-corrected chi connectivity index (χ0v) is 12.5. The Bertz CT molecular complexity index is 364. The molecule has 6 nitrogen and oxygen atoms in total. The summed E-state index contributed by atoms with van der Waals surface area (Å²) in [6, 6.07) is 0. The zero-order valence-electron chi connectivity index (χ0n) is 12.5. The summed E-state index contributed by atoms with van der Waals surface area (Å²) in [7, 11) is 0. The molecule has 0 saturated carbocycles. The van der Waals surface area contributed by atoms with Crippen LogP contribution >= 0.6 is 0 Å². The third-order valence-electron chi connectivity index (χ3n) is 2.49. The highest BCUT2D eigenvalue weighted by Gasteiger charge is 2.29. The van der Waals surface area contributed by atoms with E-state index in [0.29, 0.717) is 0 Å². The summed E-state index contributed by atoms with van der Waals surface area (Å²) in [4.78, 5) is 35.7. The van der Waals surface area contributed by atoms with Gasteiger partial charge in [-0.3, -0.25) is 14.4 Å². The van der Waals surface area contributed by atoms with Gasteiger partial charge in [-0.25, -0.2) is 0 Å². The van der Waals surface area contributed by atoms with E-state index in [-0.39, 0.29) is 19.0 Å². The second-order valence-corrected chi connectivity index (χ2v) is 6.48. The van der Waals surface area contributed by atoms with Gasteiger partial charge < -0.3 is 15.3 Å². The van der Waals surface area contributed by atoms with E-state index < -0.39 is 22.8 Å². The van der Waals surface area contributed by atoms with E-state index in [4.69, 9.17) is 5.11 Å². The average molecular weight is 272 g/mol. The zero-order chi connectivity index (χ0) is 15.4. The van der Waals surface area contributed by atoms with Crippen molar-refractivity contribution in [3.05, 3.63) is 0 Å². The largest absolute Gasteiger partial charge is 0.480 e. The average Bonchev–Trinajstić information content (AvgIpc) is 2.18. The van der Waals surface area contributed by atoms with E-state index in [9.17, 15) is 14.4 Å². The molecule has 0 bridgehead atoms. The molecule has 0 radical (unpaired) electrons. The standard InChI is InChI=1S/C13H24N2O4/c1-12(2,3)11(19)14-7-9(16)15(8-10(17)18)13(4,5)6/h7-8H2,1-6H3,(H,14,19)(H,17,18). The van der Waals surface area contributed by atoms with E-state index in [1.165, 1.54) is 4.90 Å². The Morgan fingerprint density at radius 2 is 1.53 bits per heavy atom. The predicted molar refractivity (Wildman–Crippen MR) is 71.6 cm³/mol. The molecule has 6 heteroatoms. The second kappa shape index (κ2) is 6.04. The van der Waals surface area contributed by atoms with Crippen molar-refractivity contribution in [3.63, 3.8) is 0 Å². The van der Waals surface area contributed by atoms with Gasteiger partial charge in [-0.1, -0.05) is 20.8 Å². The van der Waals surface area contributed by atoms with Gasteiger partial charge >= 0.3 is 5.97 Å². The van der Waals surface area contributed by atoms with Gasteiger partial charge in [-0.2, -0.15) is 0 Å². The van der Waals surface area contributed by atoms with Gasteiger partial charge in [0.1, 0.15) is 6.54 Å². The van der Waals surface area contributed by atoms with Crippen molar-refractivity contribution < 1.29 is 19.5 Å². The van der Waals surface area contributed by atoms with Gasteiger partial charge in [-0.05, 0) is 20.8 Å². The molecule has 0 aliphatic rings. The van der Waals surface area contributed by atoms with Crippen LogP contribution in [0.2, 0.25) is 0 Å². The normalized spacial score (nSPS) is 11.9. The summed E-state index contributed by atoms with van der Waals surface area (Å²) >= 11 is 0. The van der Waals surface area contributed by atoms with Gasteiger partial charge in [-0.15, -0.1) is 0 Å².